The highest BCUT2D eigenvalue weighted by Crippen LogP contribution is 2.31. The molecule has 1 aliphatic rings. The van der Waals surface area contributed by atoms with Crippen LogP contribution in [0.4, 0.5) is 0 Å². The zero-order valence-corrected chi connectivity index (χ0v) is 11.8. The molecule has 96 valence electrons. The maximum absolute atomic E-state index is 9.28. The highest BCUT2D eigenvalue weighted by molar-refractivity contribution is 9.10. The molecule has 0 aromatic heterocycles. The molecule has 1 saturated heterocycles. The fraction of sp³-hybridized carbons (Fsp3) is 0.500. The van der Waals surface area contributed by atoms with Crippen LogP contribution in [0.15, 0.2) is 28.7 Å². The lowest BCUT2D eigenvalue weighted by molar-refractivity contribution is 0.0121. The lowest BCUT2D eigenvalue weighted by atomic mass is 9.81. The number of rotatable bonds is 4. The molecule has 2 rings (SSSR count). The van der Waals surface area contributed by atoms with E-state index in [0.717, 1.165) is 36.1 Å². The van der Waals surface area contributed by atoms with E-state index in [-0.39, 0.29) is 5.41 Å². The molecule has 1 aromatic carbocycles. The lowest BCUT2D eigenvalue weighted by Crippen LogP contribution is -2.32. The summed E-state index contributed by atoms with van der Waals surface area (Å²) < 4.78 is 12.1. The largest absolute Gasteiger partial charge is 0.494 e. The van der Waals surface area contributed by atoms with Crippen molar-refractivity contribution in [1.29, 1.82) is 5.26 Å². The highest BCUT2D eigenvalue weighted by atomic mass is 79.9. The molecule has 1 fully saturated rings. The van der Waals surface area contributed by atoms with Gasteiger partial charge >= 0.3 is 0 Å². The van der Waals surface area contributed by atoms with Crippen LogP contribution in [0.25, 0.3) is 0 Å². The Labute approximate surface area is 116 Å². The summed E-state index contributed by atoms with van der Waals surface area (Å²) in [7, 11) is 0. The second kappa shape index (κ2) is 6.21. The summed E-state index contributed by atoms with van der Waals surface area (Å²) in [6.07, 6.45) is 2.60. The summed E-state index contributed by atoms with van der Waals surface area (Å²) in [5.74, 6) is 0.836. The van der Waals surface area contributed by atoms with Gasteiger partial charge in [-0.3, -0.25) is 0 Å². The van der Waals surface area contributed by atoms with Crippen LogP contribution in [0, 0.1) is 16.7 Å². The fourth-order valence-electron chi connectivity index (χ4n) is 2.09. The fourth-order valence-corrected chi connectivity index (χ4v) is 2.35. The van der Waals surface area contributed by atoms with Crippen molar-refractivity contribution in [3.05, 3.63) is 28.7 Å². The van der Waals surface area contributed by atoms with Gasteiger partial charge in [-0.15, -0.1) is 0 Å². The van der Waals surface area contributed by atoms with Gasteiger partial charge in [0, 0.05) is 17.5 Å². The van der Waals surface area contributed by atoms with Gasteiger partial charge in [0.25, 0.3) is 0 Å². The molecule has 3 nitrogen and oxygen atoms in total. The molecule has 4 heteroatoms. The van der Waals surface area contributed by atoms with Crippen LogP contribution in [-0.4, -0.2) is 19.8 Å². The maximum atomic E-state index is 9.28. The van der Waals surface area contributed by atoms with Crippen LogP contribution in [-0.2, 0) is 4.74 Å². The molecular weight excluding hydrogens is 294 g/mol. The zero-order valence-electron chi connectivity index (χ0n) is 10.2. The predicted molar refractivity (Wildman–Crippen MR) is 72.4 cm³/mol. The van der Waals surface area contributed by atoms with Crippen molar-refractivity contribution in [3.63, 3.8) is 0 Å². The van der Waals surface area contributed by atoms with Crippen molar-refractivity contribution in [3.8, 4) is 11.8 Å². The van der Waals surface area contributed by atoms with Crippen molar-refractivity contribution in [2.75, 3.05) is 19.8 Å². The maximum Gasteiger partial charge on any atom is 0.119 e. The summed E-state index contributed by atoms with van der Waals surface area (Å²) in [5.41, 5.74) is -0.354. The van der Waals surface area contributed by atoms with Gasteiger partial charge in [0.05, 0.1) is 24.7 Å². The minimum Gasteiger partial charge on any atom is -0.494 e. The first-order chi connectivity index (χ1) is 8.74. The Balaban J connectivity index is 1.84. The summed E-state index contributed by atoms with van der Waals surface area (Å²) >= 11 is 3.38. The Morgan fingerprint density at radius 3 is 2.78 bits per heavy atom. The van der Waals surface area contributed by atoms with Crippen molar-refractivity contribution in [2.45, 2.75) is 19.3 Å². The second-order valence-electron chi connectivity index (χ2n) is 4.60. The van der Waals surface area contributed by atoms with E-state index in [9.17, 15) is 5.26 Å². The molecule has 1 unspecified atom stereocenters. The molecule has 0 saturated carbocycles. The summed E-state index contributed by atoms with van der Waals surface area (Å²) in [6.45, 7) is 1.86. The minimum atomic E-state index is -0.354. The Kier molecular flexibility index (Phi) is 4.62. The molecule has 0 amide bonds. The number of nitrogens with zero attached hydrogens (tertiary/aromatic N) is 1. The Morgan fingerprint density at radius 1 is 1.39 bits per heavy atom. The first-order valence-corrected chi connectivity index (χ1v) is 6.91. The van der Waals surface area contributed by atoms with E-state index in [2.05, 4.69) is 22.0 Å². The average molecular weight is 310 g/mol. The Hall–Kier alpha value is -1.05. The van der Waals surface area contributed by atoms with E-state index in [0.29, 0.717) is 13.2 Å². The molecule has 0 bridgehead atoms. The third-order valence-electron chi connectivity index (χ3n) is 3.22. The molecule has 1 aliphatic heterocycles. The van der Waals surface area contributed by atoms with Crippen molar-refractivity contribution in [1.82, 2.24) is 0 Å². The standard InChI is InChI=1S/C14H16BrNO2/c15-12-2-4-13(5-3-12)18-9-7-14(10-16)6-1-8-17-11-14/h2-5H,1,6-9,11H2. The molecule has 0 N–H and O–H groups in total. The van der Waals surface area contributed by atoms with E-state index in [1.54, 1.807) is 0 Å². The normalized spacial score (nSPS) is 23.3. The number of halogens is 1. The van der Waals surface area contributed by atoms with Crippen LogP contribution >= 0.6 is 15.9 Å². The zero-order chi connectivity index (χ0) is 12.8. The van der Waals surface area contributed by atoms with Gasteiger partial charge in [-0.05, 0) is 37.1 Å². The number of hydrogen-bond acceptors (Lipinski definition) is 3. The van der Waals surface area contributed by atoms with Gasteiger partial charge in [-0.2, -0.15) is 5.26 Å². The molecule has 0 spiro atoms. The minimum absolute atomic E-state index is 0.354. The second-order valence-corrected chi connectivity index (χ2v) is 5.52. The molecule has 18 heavy (non-hydrogen) atoms. The van der Waals surface area contributed by atoms with Crippen molar-refractivity contribution < 1.29 is 9.47 Å². The molecule has 1 heterocycles. The summed E-state index contributed by atoms with van der Waals surface area (Å²) in [4.78, 5) is 0. The van der Waals surface area contributed by atoms with Crippen LogP contribution in [0.2, 0.25) is 0 Å². The van der Waals surface area contributed by atoms with E-state index >= 15 is 0 Å². The third-order valence-corrected chi connectivity index (χ3v) is 3.75. The quantitative estimate of drug-likeness (QED) is 0.854. The van der Waals surface area contributed by atoms with Gasteiger partial charge in [0.2, 0.25) is 0 Å². The van der Waals surface area contributed by atoms with E-state index in [4.69, 9.17) is 9.47 Å². The Bertz CT molecular complexity index is 418. The SMILES string of the molecule is N#CC1(CCOc2ccc(Br)cc2)CCCOC1. The van der Waals surface area contributed by atoms with Crippen molar-refractivity contribution >= 4 is 15.9 Å². The van der Waals surface area contributed by atoms with Crippen LogP contribution in [0.5, 0.6) is 5.75 Å². The van der Waals surface area contributed by atoms with Gasteiger partial charge in [-0.1, -0.05) is 15.9 Å². The van der Waals surface area contributed by atoms with E-state index in [1.807, 2.05) is 24.3 Å². The lowest BCUT2D eigenvalue weighted by Gasteiger charge is -2.30. The summed E-state index contributed by atoms with van der Waals surface area (Å²) in [6, 6.07) is 10.1. The topological polar surface area (TPSA) is 42.2 Å². The number of hydrogen-bond donors (Lipinski definition) is 0. The van der Waals surface area contributed by atoms with Crippen LogP contribution in [0.3, 0.4) is 0 Å². The predicted octanol–water partition coefficient (Wildman–Crippen LogP) is 3.54. The first-order valence-electron chi connectivity index (χ1n) is 6.11. The third kappa shape index (κ3) is 3.47. The molecule has 0 aliphatic carbocycles. The van der Waals surface area contributed by atoms with E-state index in [1.165, 1.54) is 0 Å². The molecular formula is C14H16BrNO2. The first kappa shape index (κ1) is 13.4. The summed E-state index contributed by atoms with van der Waals surface area (Å²) in [5, 5.41) is 9.28. The van der Waals surface area contributed by atoms with Gasteiger partial charge in [-0.25, -0.2) is 0 Å². The molecule has 1 atom stereocenters. The van der Waals surface area contributed by atoms with E-state index < -0.39 is 0 Å². The average Bonchev–Trinajstić information content (AvgIpc) is 2.42. The van der Waals surface area contributed by atoms with Crippen LogP contribution in [0.1, 0.15) is 19.3 Å². The number of ether oxygens (including phenoxy) is 2. The Morgan fingerprint density at radius 2 is 2.17 bits per heavy atom. The van der Waals surface area contributed by atoms with Gasteiger partial charge in [0.1, 0.15) is 5.75 Å². The van der Waals surface area contributed by atoms with Gasteiger partial charge < -0.3 is 9.47 Å². The van der Waals surface area contributed by atoms with Crippen LogP contribution < -0.4 is 4.74 Å². The smallest absolute Gasteiger partial charge is 0.119 e. The van der Waals surface area contributed by atoms with Gasteiger partial charge in [0.15, 0.2) is 0 Å². The molecule has 1 aromatic rings. The number of nitriles is 1. The highest BCUT2D eigenvalue weighted by Gasteiger charge is 2.32. The number of benzene rings is 1. The molecule has 0 radical (unpaired) electrons. The monoisotopic (exact) mass is 309 g/mol. The van der Waals surface area contributed by atoms with Crippen molar-refractivity contribution in [2.24, 2.45) is 5.41 Å².